The second-order valence-electron chi connectivity index (χ2n) is 4.41. The summed E-state index contributed by atoms with van der Waals surface area (Å²) in [5.74, 6) is 0. The maximum atomic E-state index is 11.4. The molecule has 1 amide bonds. The normalized spacial score (nSPS) is 18.6. The fourth-order valence-corrected chi connectivity index (χ4v) is 1.98. The molecule has 0 saturated carbocycles. The molecule has 18 heavy (non-hydrogen) atoms. The van der Waals surface area contributed by atoms with Gasteiger partial charge in [0.15, 0.2) is 0 Å². The second-order valence-corrected chi connectivity index (χ2v) is 4.41. The fraction of sp³-hybridized carbons (Fsp3) is 0.500. The zero-order valence-corrected chi connectivity index (χ0v) is 10.4. The van der Waals surface area contributed by atoms with E-state index in [-0.39, 0.29) is 6.09 Å². The highest BCUT2D eigenvalue weighted by Crippen LogP contribution is 2.14. The summed E-state index contributed by atoms with van der Waals surface area (Å²) < 4.78 is 10.6. The van der Waals surface area contributed by atoms with Gasteiger partial charge in [-0.1, -0.05) is 30.3 Å². The van der Waals surface area contributed by atoms with Crippen LogP contribution in [0.15, 0.2) is 30.3 Å². The maximum Gasteiger partial charge on any atom is 0.407 e. The molecule has 1 aromatic rings. The van der Waals surface area contributed by atoms with Gasteiger partial charge in [-0.15, -0.1) is 0 Å². The minimum atomic E-state index is -0.364. The minimum Gasteiger partial charge on any atom is -0.445 e. The summed E-state index contributed by atoms with van der Waals surface area (Å²) in [6.07, 6.45) is 3.03. The van der Waals surface area contributed by atoms with Crippen LogP contribution in [0.2, 0.25) is 0 Å². The van der Waals surface area contributed by atoms with Crippen LogP contribution >= 0.6 is 0 Å². The van der Waals surface area contributed by atoms with Crippen molar-refractivity contribution in [2.75, 3.05) is 13.2 Å². The van der Waals surface area contributed by atoms with Crippen LogP contribution in [0.25, 0.3) is 0 Å². The molecule has 0 spiro atoms. The van der Waals surface area contributed by atoms with Crippen molar-refractivity contribution in [3.63, 3.8) is 0 Å². The molecular formula is C14H19NO3. The first-order chi connectivity index (χ1) is 8.84. The summed E-state index contributed by atoms with van der Waals surface area (Å²) in [5.41, 5.74) is 0.992. The monoisotopic (exact) mass is 249 g/mol. The molecule has 1 aliphatic heterocycles. The fourth-order valence-electron chi connectivity index (χ4n) is 1.98. The van der Waals surface area contributed by atoms with Crippen molar-refractivity contribution in [3.8, 4) is 0 Å². The van der Waals surface area contributed by atoms with E-state index in [9.17, 15) is 4.79 Å². The van der Waals surface area contributed by atoms with Crippen molar-refractivity contribution in [3.05, 3.63) is 35.9 Å². The molecule has 0 aromatic heterocycles. The molecule has 4 nitrogen and oxygen atoms in total. The van der Waals surface area contributed by atoms with E-state index in [0.717, 1.165) is 31.4 Å². The second kappa shape index (κ2) is 7.01. The van der Waals surface area contributed by atoms with E-state index in [2.05, 4.69) is 5.32 Å². The van der Waals surface area contributed by atoms with Crippen LogP contribution in [0.1, 0.15) is 24.8 Å². The van der Waals surface area contributed by atoms with E-state index in [4.69, 9.17) is 9.47 Å². The number of carbonyl (C=O) groups is 1. The van der Waals surface area contributed by atoms with E-state index in [1.165, 1.54) is 0 Å². The summed E-state index contributed by atoms with van der Waals surface area (Å²) in [7, 11) is 0. The van der Waals surface area contributed by atoms with Crippen molar-refractivity contribution in [1.82, 2.24) is 5.32 Å². The summed E-state index contributed by atoms with van der Waals surface area (Å²) in [6, 6.07) is 9.65. The molecule has 0 aliphatic carbocycles. The van der Waals surface area contributed by atoms with Gasteiger partial charge in [0.05, 0.1) is 6.10 Å². The molecule has 1 atom stereocenters. The molecule has 98 valence electrons. The highest BCUT2D eigenvalue weighted by molar-refractivity contribution is 5.67. The minimum absolute atomic E-state index is 0.305. The lowest BCUT2D eigenvalue weighted by atomic mass is 10.2. The lowest BCUT2D eigenvalue weighted by molar-refractivity contribution is 0.101. The molecular weight excluding hydrogens is 230 g/mol. The van der Waals surface area contributed by atoms with Crippen LogP contribution in [0.4, 0.5) is 4.79 Å². The highest BCUT2D eigenvalue weighted by Gasteiger charge is 2.15. The van der Waals surface area contributed by atoms with Crippen LogP contribution < -0.4 is 5.32 Å². The number of nitrogens with one attached hydrogen (secondary N) is 1. The van der Waals surface area contributed by atoms with E-state index in [0.29, 0.717) is 19.3 Å². The molecule has 4 heteroatoms. The zero-order valence-electron chi connectivity index (χ0n) is 10.4. The van der Waals surface area contributed by atoms with E-state index < -0.39 is 0 Å². The lowest BCUT2D eigenvalue weighted by Gasteiger charge is -2.10. The zero-order chi connectivity index (χ0) is 12.6. The first-order valence-corrected chi connectivity index (χ1v) is 6.41. The molecule has 1 fully saturated rings. The Morgan fingerprint density at radius 2 is 2.22 bits per heavy atom. The van der Waals surface area contributed by atoms with Gasteiger partial charge >= 0.3 is 6.09 Å². The quantitative estimate of drug-likeness (QED) is 0.872. The Balaban J connectivity index is 1.57. The number of hydrogen-bond donors (Lipinski definition) is 1. The van der Waals surface area contributed by atoms with Crippen LogP contribution in [0.3, 0.4) is 0 Å². The Morgan fingerprint density at radius 1 is 1.39 bits per heavy atom. The number of ether oxygens (including phenoxy) is 2. The SMILES string of the molecule is O=C(NCCC1CCCO1)OCc1ccccc1. The molecule has 1 N–H and O–H groups in total. The third-order valence-corrected chi connectivity index (χ3v) is 2.97. The predicted molar refractivity (Wildman–Crippen MR) is 68.2 cm³/mol. The average molecular weight is 249 g/mol. The van der Waals surface area contributed by atoms with Crippen LogP contribution in [0.5, 0.6) is 0 Å². The summed E-state index contributed by atoms with van der Waals surface area (Å²) in [5, 5.41) is 2.74. The Morgan fingerprint density at radius 3 is 2.94 bits per heavy atom. The first kappa shape index (κ1) is 12.9. The van der Waals surface area contributed by atoms with Gasteiger partial charge in [0.2, 0.25) is 0 Å². The van der Waals surface area contributed by atoms with Crippen molar-refractivity contribution in [2.45, 2.75) is 32.0 Å². The summed E-state index contributed by atoms with van der Waals surface area (Å²) in [6.45, 7) is 1.77. The Labute approximate surface area is 107 Å². The van der Waals surface area contributed by atoms with Crippen molar-refractivity contribution < 1.29 is 14.3 Å². The van der Waals surface area contributed by atoms with Crippen LogP contribution in [0, 0.1) is 0 Å². The number of rotatable bonds is 5. The van der Waals surface area contributed by atoms with Gasteiger partial charge in [-0.2, -0.15) is 0 Å². The maximum absolute atomic E-state index is 11.4. The predicted octanol–water partition coefficient (Wildman–Crippen LogP) is 2.48. The number of carbonyl (C=O) groups excluding carboxylic acids is 1. The standard InChI is InChI=1S/C14H19NO3/c16-14(15-9-8-13-7-4-10-17-13)18-11-12-5-2-1-3-6-12/h1-3,5-6,13H,4,7-11H2,(H,15,16). The molecule has 1 heterocycles. The molecule has 0 bridgehead atoms. The van der Waals surface area contributed by atoms with Gasteiger partial charge in [-0.05, 0) is 24.8 Å². The van der Waals surface area contributed by atoms with Crippen LogP contribution in [-0.2, 0) is 16.1 Å². The Kier molecular flexibility index (Phi) is 5.02. The molecule has 1 unspecified atom stereocenters. The smallest absolute Gasteiger partial charge is 0.407 e. The molecule has 2 rings (SSSR count). The number of alkyl carbamates (subject to hydrolysis) is 1. The van der Waals surface area contributed by atoms with Gasteiger partial charge in [0, 0.05) is 13.2 Å². The molecule has 1 saturated heterocycles. The number of hydrogen-bond acceptors (Lipinski definition) is 3. The van der Waals surface area contributed by atoms with Gasteiger partial charge in [-0.25, -0.2) is 4.79 Å². The topological polar surface area (TPSA) is 47.6 Å². The van der Waals surface area contributed by atoms with Gasteiger partial charge < -0.3 is 14.8 Å². The molecule has 0 radical (unpaired) electrons. The Bertz CT molecular complexity index is 361. The first-order valence-electron chi connectivity index (χ1n) is 6.41. The van der Waals surface area contributed by atoms with Crippen molar-refractivity contribution in [2.24, 2.45) is 0 Å². The van der Waals surface area contributed by atoms with Crippen molar-refractivity contribution in [1.29, 1.82) is 0 Å². The van der Waals surface area contributed by atoms with Crippen LogP contribution in [-0.4, -0.2) is 25.3 Å². The highest BCUT2D eigenvalue weighted by atomic mass is 16.5. The van der Waals surface area contributed by atoms with Gasteiger partial charge in [0.1, 0.15) is 6.61 Å². The summed E-state index contributed by atoms with van der Waals surface area (Å²) >= 11 is 0. The lowest BCUT2D eigenvalue weighted by Crippen LogP contribution is -2.27. The van der Waals surface area contributed by atoms with E-state index in [1.807, 2.05) is 30.3 Å². The number of amides is 1. The van der Waals surface area contributed by atoms with Gasteiger partial charge in [0.25, 0.3) is 0 Å². The summed E-state index contributed by atoms with van der Waals surface area (Å²) in [4.78, 5) is 11.4. The molecule has 1 aromatic carbocycles. The number of benzene rings is 1. The van der Waals surface area contributed by atoms with E-state index >= 15 is 0 Å². The van der Waals surface area contributed by atoms with E-state index in [1.54, 1.807) is 0 Å². The third-order valence-electron chi connectivity index (χ3n) is 2.97. The van der Waals surface area contributed by atoms with Gasteiger partial charge in [-0.3, -0.25) is 0 Å². The third kappa shape index (κ3) is 4.37. The average Bonchev–Trinajstić information content (AvgIpc) is 2.91. The Hall–Kier alpha value is -1.55. The molecule has 1 aliphatic rings. The van der Waals surface area contributed by atoms with Crippen molar-refractivity contribution >= 4 is 6.09 Å². The largest absolute Gasteiger partial charge is 0.445 e.